The van der Waals surface area contributed by atoms with Gasteiger partial charge in [-0.05, 0) is 31.9 Å². The number of hydrogen-bond donors (Lipinski definition) is 1. The molecule has 2 rings (SSSR count). The Balaban J connectivity index is 0.000000337. The van der Waals surface area contributed by atoms with Crippen LogP contribution < -0.4 is 5.32 Å². The lowest BCUT2D eigenvalue weighted by Gasteiger charge is -2.09. The van der Waals surface area contributed by atoms with E-state index in [2.05, 4.69) is 50.4 Å². The van der Waals surface area contributed by atoms with Crippen molar-refractivity contribution < 1.29 is 0 Å². The second-order valence-corrected chi connectivity index (χ2v) is 4.27. The van der Waals surface area contributed by atoms with Crippen LogP contribution in [-0.4, -0.2) is 6.54 Å². The molecule has 1 fully saturated rings. The third kappa shape index (κ3) is 4.05. The van der Waals surface area contributed by atoms with E-state index >= 15 is 0 Å². The van der Waals surface area contributed by atoms with E-state index in [1.54, 1.807) is 0 Å². The molecule has 15 heavy (non-hydrogen) atoms. The number of benzene rings is 1. The van der Waals surface area contributed by atoms with Crippen molar-refractivity contribution in [2.75, 3.05) is 6.54 Å². The number of hydrogen-bond acceptors (Lipinski definition) is 1. The van der Waals surface area contributed by atoms with Crippen LogP contribution in [0.5, 0.6) is 0 Å². The molecule has 0 spiro atoms. The molecule has 0 aromatic heterocycles. The molecule has 1 aliphatic rings. The molecular weight excluding hydrogens is 182 g/mol. The Kier molecular flexibility index (Phi) is 5.41. The van der Waals surface area contributed by atoms with E-state index in [4.69, 9.17) is 0 Å². The third-order valence-electron chi connectivity index (χ3n) is 2.54. The SMILES string of the molecule is CCC.Cc1ccc(C2CCCN2)cc1. The van der Waals surface area contributed by atoms with Crippen LogP contribution in [-0.2, 0) is 0 Å². The average Bonchev–Trinajstić information content (AvgIpc) is 2.73. The zero-order valence-electron chi connectivity index (χ0n) is 10.2. The Morgan fingerprint density at radius 1 is 1.20 bits per heavy atom. The Labute approximate surface area is 93.9 Å². The van der Waals surface area contributed by atoms with Crippen LogP contribution in [0.2, 0.25) is 0 Å². The molecule has 0 saturated carbocycles. The topological polar surface area (TPSA) is 12.0 Å². The fraction of sp³-hybridized carbons (Fsp3) is 0.571. The highest BCUT2D eigenvalue weighted by Gasteiger charge is 2.14. The number of aryl methyl sites for hydroxylation is 1. The second-order valence-electron chi connectivity index (χ2n) is 4.27. The van der Waals surface area contributed by atoms with Crippen LogP contribution in [0.3, 0.4) is 0 Å². The van der Waals surface area contributed by atoms with Gasteiger partial charge in [-0.25, -0.2) is 0 Å². The van der Waals surface area contributed by atoms with Gasteiger partial charge in [0.05, 0.1) is 0 Å². The molecule has 84 valence electrons. The standard InChI is InChI=1S/C11H15N.C3H8/c1-9-4-6-10(7-5-9)11-3-2-8-12-11;1-3-2/h4-7,11-12H,2-3,8H2,1H3;3H2,1-2H3. The summed E-state index contributed by atoms with van der Waals surface area (Å²) in [6.07, 6.45) is 3.86. The third-order valence-corrected chi connectivity index (χ3v) is 2.54. The van der Waals surface area contributed by atoms with Crippen LogP contribution in [0.1, 0.15) is 50.3 Å². The minimum absolute atomic E-state index is 0.616. The maximum atomic E-state index is 3.49. The van der Waals surface area contributed by atoms with Crippen molar-refractivity contribution in [2.24, 2.45) is 0 Å². The Morgan fingerprint density at radius 2 is 1.80 bits per heavy atom. The zero-order valence-corrected chi connectivity index (χ0v) is 10.2. The van der Waals surface area contributed by atoms with E-state index in [0.717, 1.165) is 0 Å². The fourth-order valence-corrected chi connectivity index (χ4v) is 1.77. The lowest BCUT2D eigenvalue weighted by Crippen LogP contribution is -2.12. The summed E-state index contributed by atoms with van der Waals surface area (Å²) in [6.45, 7) is 7.56. The van der Waals surface area contributed by atoms with E-state index in [-0.39, 0.29) is 0 Å². The van der Waals surface area contributed by atoms with E-state index in [1.807, 2.05) is 0 Å². The fourth-order valence-electron chi connectivity index (χ4n) is 1.77. The molecule has 1 saturated heterocycles. The van der Waals surface area contributed by atoms with Crippen molar-refractivity contribution in [2.45, 2.75) is 46.1 Å². The van der Waals surface area contributed by atoms with Gasteiger partial charge in [0.1, 0.15) is 0 Å². The predicted octanol–water partition coefficient (Wildman–Crippen LogP) is 3.84. The molecule has 0 amide bonds. The summed E-state index contributed by atoms with van der Waals surface area (Å²) in [5.74, 6) is 0. The van der Waals surface area contributed by atoms with Gasteiger partial charge in [-0.15, -0.1) is 0 Å². The first-order valence-electron chi connectivity index (χ1n) is 6.07. The van der Waals surface area contributed by atoms with E-state index < -0.39 is 0 Å². The molecule has 1 aromatic carbocycles. The van der Waals surface area contributed by atoms with Crippen LogP contribution in [0.15, 0.2) is 24.3 Å². The number of rotatable bonds is 1. The first-order chi connectivity index (χ1) is 7.27. The van der Waals surface area contributed by atoms with Gasteiger partial charge in [0.15, 0.2) is 0 Å². The first kappa shape index (κ1) is 12.3. The number of nitrogens with one attached hydrogen (secondary N) is 1. The van der Waals surface area contributed by atoms with Crippen molar-refractivity contribution in [1.82, 2.24) is 5.32 Å². The van der Waals surface area contributed by atoms with Gasteiger partial charge < -0.3 is 5.32 Å². The highest BCUT2D eigenvalue weighted by Crippen LogP contribution is 2.22. The molecule has 1 unspecified atom stereocenters. The second kappa shape index (κ2) is 6.62. The summed E-state index contributed by atoms with van der Waals surface area (Å²) in [5, 5.41) is 3.49. The maximum Gasteiger partial charge on any atom is 0.0320 e. The summed E-state index contributed by atoms with van der Waals surface area (Å²) in [4.78, 5) is 0. The maximum absolute atomic E-state index is 3.49. The minimum Gasteiger partial charge on any atom is -0.310 e. The van der Waals surface area contributed by atoms with E-state index in [9.17, 15) is 0 Å². The smallest absolute Gasteiger partial charge is 0.0320 e. The summed E-state index contributed by atoms with van der Waals surface area (Å²) in [7, 11) is 0. The largest absolute Gasteiger partial charge is 0.310 e. The molecule has 1 nitrogen and oxygen atoms in total. The average molecular weight is 205 g/mol. The quantitative estimate of drug-likeness (QED) is 0.734. The first-order valence-corrected chi connectivity index (χ1v) is 6.07. The lowest BCUT2D eigenvalue weighted by molar-refractivity contribution is 0.647. The summed E-state index contributed by atoms with van der Waals surface area (Å²) >= 11 is 0. The van der Waals surface area contributed by atoms with Gasteiger partial charge in [-0.2, -0.15) is 0 Å². The highest BCUT2D eigenvalue weighted by molar-refractivity contribution is 5.24. The van der Waals surface area contributed by atoms with E-state index in [1.165, 1.54) is 36.9 Å². The Hall–Kier alpha value is -0.820. The minimum atomic E-state index is 0.616. The van der Waals surface area contributed by atoms with Gasteiger partial charge in [0, 0.05) is 6.04 Å². The Bertz CT molecular complexity index is 257. The van der Waals surface area contributed by atoms with Gasteiger partial charge in [-0.1, -0.05) is 50.1 Å². The molecule has 0 bridgehead atoms. The molecule has 1 aliphatic heterocycles. The van der Waals surface area contributed by atoms with Crippen molar-refractivity contribution in [3.63, 3.8) is 0 Å². The molecule has 1 N–H and O–H groups in total. The molecule has 1 heteroatoms. The van der Waals surface area contributed by atoms with Crippen LogP contribution in [0.25, 0.3) is 0 Å². The van der Waals surface area contributed by atoms with Crippen molar-refractivity contribution >= 4 is 0 Å². The molecule has 0 radical (unpaired) electrons. The van der Waals surface area contributed by atoms with Crippen LogP contribution in [0, 0.1) is 6.92 Å². The van der Waals surface area contributed by atoms with Gasteiger partial charge in [-0.3, -0.25) is 0 Å². The highest BCUT2D eigenvalue weighted by atomic mass is 14.9. The van der Waals surface area contributed by atoms with Gasteiger partial charge >= 0.3 is 0 Å². The summed E-state index contributed by atoms with van der Waals surface area (Å²) in [6, 6.07) is 9.46. The zero-order chi connectivity index (χ0) is 11.1. The van der Waals surface area contributed by atoms with Crippen LogP contribution in [0.4, 0.5) is 0 Å². The van der Waals surface area contributed by atoms with Crippen molar-refractivity contribution in [1.29, 1.82) is 0 Å². The normalized spacial score (nSPS) is 19.5. The molecule has 1 aromatic rings. The van der Waals surface area contributed by atoms with Crippen LogP contribution >= 0.6 is 0 Å². The Morgan fingerprint density at radius 3 is 2.27 bits per heavy atom. The summed E-state index contributed by atoms with van der Waals surface area (Å²) < 4.78 is 0. The molecule has 1 atom stereocenters. The van der Waals surface area contributed by atoms with Gasteiger partial charge in [0.25, 0.3) is 0 Å². The van der Waals surface area contributed by atoms with Crippen molar-refractivity contribution in [3.05, 3.63) is 35.4 Å². The lowest BCUT2D eigenvalue weighted by atomic mass is 10.0. The molecule has 0 aliphatic carbocycles. The molecule has 1 heterocycles. The summed E-state index contributed by atoms with van der Waals surface area (Å²) in [5.41, 5.74) is 2.79. The molecular formula is C14H23N. The predicted molar refractivity (Wildman–Crippen MR) is 67.1 cm³/mol. The van der Waals surface area contributed by atoms with E-state index in [0.29, 0.717) is 6.04 Å². The van der Waals surface area contributed by atoms with Gasteiger partial charge in [0.2, 0.25) is 0 Å². The monoisotopic (exact) mass is 205 g/mol. The van der Waals surface area contributed by atoms with Crippen molar-refractivity contribution in [3.8, 4) is 0 Å².